The van der Waals surface area contributed by atoms with Gasteiger partial charge in [-0.2, -0.15) is 0 Å². The molecular weight excluding hydrogens is 392 g/mol. The van der Waals surface area contributed by atoms with Crippen molar-refractivity contribution >= 4 is 29.0 Å². The number of hydrogen-bond donors (Lipinski definition) is 1. The van der Waals surface area contributed by atoms with Crippen molar-refractivity contribution in [2.75, 3.05) is 6.54 Å². The molecule has 7 heteroatoms. The zero-order valence-electron chi connectivity index (χ0n) is 15.6. The molecule has 2 aromatic heterocycles. The number of carbonyl (C=O) groups excluding carboxylic acids is 1. The second-order valence-electron chi connectivity index (χ2n) is 6.81. The summed E-state index contributed by atoms with van der Waals surface area (Å²) in [5, 5.41) is 4.65. The predicted molar refractivity (Wildman–Crippen MR) is 112 cm³/mol. The maximum Gasteiger partial charge on any atom is 0.318 e. The first-order valence-corrected chi connectivity index (χ1v) is 10.5. The van der Waals surface area contributed by atoms with Gasteiger partial charge in [-0.1, -0.05) is 23.7 Å². The Morgan fingerprint density at radius 1 is 1.25 bits per heavy atom. The zero-order valence-corrected chi connectivity index (χ0v) is 17.1. The van der Waals surface area contributed by atoms with E-state index in [1.54, 1.807) is 23.7 Å². The standard InChI is InChI=1S/C21H21ClN4OS/c1-14-20(16-4-6-17(22)7-5-16)25-19(28-14)13-24-21(27)26-12-2-3-18(26)15-8-10-23-11-9-15/h4-11,18H,2-3,12-13H2,1H3,(H,24,27)/t18-/m1/s1. The molecule has 5 nitrogen and oxygen atoms in total. The van der Waals surface area contributed by atoms with E-state index in [1.807, 2.05) is 48.2 Å². The van der Waals surface area contributed by atoms with Crippen LogP contribution in [0.1, 0.15) is 34.3 Å². The van der Waals surface area contributed by atoms with E-state index in [2.05, 4.69) is 10.3 Å². The average Bonchev–Trinajstić information content (AvgIpc) is 3.34. The first kappa shape index (κ1) is 18.9. The van der Waals surface area contributed by atoms with Gasteiger partial charge in [-0.3, -0.25) is 4.98 Å². The summed E-state index contributed by atoms with van der Waals surface area (Å²) in [7, 11) is 0. The van der Waals surface area contributed by atoms with Gasteiger partial charge in [0.25, 0.3) is 0 Å². The number of hydrogen-bond acceptors (Lipinski definition) is 4. The number of rotatable bonds is 4. The molecule has 144 valence electrons. The summed E-state index contributed by atoms with van der Waals surface area (Å²) in [6.07, 6.45) is 5.55. The van der Waals surface area contributed by atoms with E-state index in [0.717, 1.165) is 46.1 Å². The molecule has 4 rings (SSSR count). The quantitative estimate of drug-likeness (QED) is 0.639. The largest absolute Gasteiger partial charge is 0.331 e. The molecule has 1 N–H and O–H groups in total. The molecule has 0 spiro atoms. The van der Waals surface area contributed by atoms with Crippen LogP contribution in [0.3, 0.4) is 0 Å². The number of amides is 2. The van der Waals surface area contributed by atoms with Crippen molar-refractivity contribution in [3.63, 3.8) is 0 Å². The number of aromatic nitrogens is 2. The first-order chi connectivity index (χ1) is 13.6. The van der Waals surface area contributed by atoms with Crippen LogP contribution in [0.5, 0.6) is 0 Å². The number of nitrogens with zero attached hydrogens (tertiary/aromatic N) is 3. The number of halogens is 1. The lowest BCUT2D eigenvalue weighted by Gasteiger charge is -2.25. The second-order valence-corrected chi connectivity index (χ2v) is 8.53. The molecule has 3 aromatic rings. The molecule has 0 unspecified atom stereocenters. The molecule has 1 fully saturated rings. The normalized spacial score (nSPS) is 16.4. The molecule has 1 atom stereocenters. The average molecular weight is 413 g/mol. The van der Waals surface area contributed by atoms with Gasteiger partial charge in [-0.15, -0.1) is 11.3 Å². The molecule has 1 aliphatic heterocycles. The number of carbonyl (C=O) groups is 1. The van der Waals surface area contributed by atoms with E-state index in [9.17, 15) is 4.79 Å². The van der Waals surface area contributed by atoms with Crippen molar-refractivity contribution in [3.8, 4) is 11.3 Å². The van der Waals surface area contributed by atoms with Crippen molar-refractivity contribution in [1.82, 2.24) is 20.2 Å². The molecule has 2 amide bonds. The Kier molecular flexibility index (Phi) is 5.59. The Bertz CT molecular complexity index is 958. The lowest BCUT2D eigenvalue weighted by atomic mass is 10.1. The van der Waals surface area contributed by atoms with Crippen LogP contribution in [0.25, 0.3) is 11.3 Å². The SMILES string of the molecule is Cc1sc(CNC(=O)N2CCC[C@@H]2c2ccncc2)nc1-c1ccc(Cl)cc1. The molecular formula is C21H21ClN4OS. The monoisotopic (exact) mass is 412 g/mol. The van der Waals surface area contributed by atoms with Crippen LogP contribution in [0.4, 0.5) is 4.79 Å². The summed E-state index contributed by atoms with van der Waals surface area (Å²) < 4.78 is 0. The fourth-order valence-electron chi connectivity index (χ4n) is 3.60. The zero-order chi connectivity index (χ0) is 19.5. The van der Waals surface area contributed by atoms with E-state index in [0.29, 0.717) is 11.6 Å². The first-order valence-electron chi connectivity index (χ1n) is 9.28. The summed E-state index contributed by atoms with van der Waals surface area (Å²) in [4.78, 5) is 24.6. The van der Waals surface area contributed by atoms with E-state index in [-0.39, 0.29) is 12.1 Å². The maximum atomic E-state index is 12.8. The van der Waals surface area contributed by atoms with Crippen LogP contribution in [-0.2, 0) is 6.54 Å². The van der Waals surface area contributed by atoms with Crippen molar-refractivity contribution in [1.29, 1.82) is 0 Å². The minimum atomic E-state index is -0.0415. The van der Waals surface area contributed by atoms with Gasteiger partial charge in [0, 0.05) is 34.4 Å². The molecule has 1 aromatic carbocycles. The highest BCUT2D eigenvalue weighted by atomic mass is 35.5. The molecule has 0 bridgehead atoms. The summed E-state index contributed by atoms with van der Waals surface area (Å²) in [5.41, 5.74) is 3.12. The highest BCUT2D eigenvalue weighted by Gasteiger charge is 2.29. The summed E-state index contributed by atoms with van der Waals surface area (Å²) in [5.74, 6) is 0. The molecule has 0 aliphatic carbocycles. The number of benzene rings is 1. The highest BCUT2D eigenvalue weighted by Crippen LogP contribution is 2.32. The number of thiazole rings is 1. The van der Waals surface area contributed by atoms with Crippen LogP contribution >= 0.6 is 22.9 Å². The Morgan fingerprint density at radius 2 is 2.00 bits per heavy atom. The number of aryl methyl sites for hydroxylation is 1. The summed E-state index contributed by atoms with van der Waals surface area (Å²) in [6.45, 7) is 3.25. The van der Waals surface area contributed by atoms with Gasteiger partial charge in [0.15, 0.2) is 0 Å². The third kappa shape index (κ3) is 4.03. The fraction of sp³-hybridized carbons (Fsp3) is 0.286. The van der Waals surface area contributed by atoms with Gasteiger partial charge in [0.05, 0.1) is 18.3 Å². The minimum Gasteiger partial charge on any atom is -0.331 e. The third-order valence-corrected chi connectivity index (χ3v) is 6.18. The van der Waals surface area contributed by atoms with E-state index >= 15 is 0 Å². The van der Waals surface area contributed by atoms with E-state index < -0.39 is 0 Å². The van der Waals surface area contributed by atoms with Crippen LogP contribution in [0.2, 0.25) is 5.02 Å². The predicted octanol–water partition coefficient (Wildman–Crippen LogP) is 5.21. The molecule has 3 heterocycles. The summed E-state index contributed by atoms with van der Waals surface area (Å²) >= 11 is 7.58. The summed E-state index contributed by atoms with van der Waals surface area (Å²) in [6, 6.07) is 11.7. The van der Waals surface area contributed by atoms with Crippen molar-refractivity contribution < 1.29 is 4.79 Å². The van der Waals surface area contributed by atoms with Crippen LogP contribution in [0, 0.1) is 6.92 Å². The lowest BCUT2D eigenvalue weighted by molar-refractivity contribution is 0.192. The van der Waals surface area contributed by atoms with E-state index in [4.69, 9.17) is 16.6 Å². The van der Waals surface area contributed by atoms with Crippen molar-refractivity contribution in [3.05, 3.63) is 69.3 Å². The molecule has 28 heavy (non-hydrogen) atoms. The fourth-order valence-corrected chi connectivity index (χ4v) is 4.62. The van der Waals surface area contributed by atoms with Gasteiger partial charge in [0.1, 0.15) is 5.01 Å². The topological polar surface area (TPSA) is 58.1 Å². The number of pyridine rings is 1. The Hall–Kier alpha value is -2.44. The smallest absolute Gasteiger partial charge is 0.318 e. The molecule has 0 radical (unpaired) electrons. The number of likely N-dealkylation sites (tertiary alicyclic amines) is 1. The Labute approximate surface area is 173 Å². The van der Waals surface area contributed by atoms with E-state index in [1.165, 1.54) is 0 Å². The Balaban J connectivity index is 1.42. The second kappa shape index (κ2) is 8.29. The van der Waals surface area contributed by atoms with Crippen molar-refractivity contribution in [2.24, 2.45) is 0 Å². The lowest BCUT2D eigenvalue weighted by Crippen LogP contribution is -2.39. The number of urea groups is 1. The van der Waals surface area contributed by atoms with Crippen molar-refractivity contribution in [2.45, 2.75) is 32.4 Å². The Morgan fingerprint density at radius 3 is 2.75 bits per heavy atom. The number of nitrogens with one attached hydrogen (secondary N) is 1. The van der Waals surface area contributed by atoms with Gasteiger partial charge in [-0.05, 0) is 49.6 Å². The molecule has 0 saturated carbocycles. The van der Waals surface area contributed by atoms with Gasteiger partial charge >= 0.3 is 6.03 Å². The van der Waals surface area contributed by atoms with Gasteiger partial charge in [-0.25, -0.2) is 9.78 Å². The minimum absolute atomic E-state index is 0.0415. The highest BCUT2D eigenvalue weighted by molar-refractivity contribution is 7.12. The van der Waals surface area contributed by atoms with Gasteiger partial charge < -0.3 is 10.2 Å². The van der Waals surface area contributed by atoms with Crippen LogP contribution in [-0.4, -0.2) is 27.4 Å². The molecule has 1 aliphatic rings. The van der Waals surface area contributed by atoms with Crippen LogP contribution in [0.15, 0.2) is 48.8 Å². The third-order valence-electron chi connectivity index (χ3n) is 4.95. The maximum absolute atomic E-state index is 12.8. The van der Waals surface area contributed by atoms with Gasteiger partial charge in [0.2, 0.25) is 0 Å². The molecule has 1 saturated heterocycles. The van der Waals surface area contributed by atoms with Crippen LogP contribution < -0.4 is 5.32 Å².